The maximum absolute atomic E-state index is 11.6. The van der Waals surface area contributed by atoms with Gasteiger partial charge < -0.3 is 0 Å². The Labute approximate surface area is 73.4 Å². The van der Waals surface area contributed by atoms with Crippen LogP contribution in [0.5, 0.6) is 0 Å². The molecule has 0 radical (unpaired) electrons. The molecule has 1 aromatic rings. The number of hydrogen-bond donors (Lipinski definition) is 0. The minimum absolute atomic E-state index is 0.146. The van der Waals surface area contributed by atoms with E-state index in [1.54, 1.807) is 0 Å². The average molecular weight is 162 g/mol. The monoisotopic (exact) mass is 162 g/mol. The van der Waals surface area contributed by atoms with Crippen LogP contribution >= 0.6 is 0 Å². The number of carbonyl (C=O) groups excluding carboxylic acids is 1. The van der Waals surface area contributed by atoms with Crippen molar-refractivity contribution in [3.05, 3.63) is 35.9 Å². The third-order valence-corrected chi connectivity index (χ3v) is 2.12. The summed E-state index contributed by atoms with van der Waals surface area (Å²) in [7, 11) is 0. The van der Waals surface area contributed by atoms with Crippen molar-refractivity contribution < 1.29 is 4.79 Å². The van der Waals surface area contributed by atoms with Gasteiger partial charge in [0.15, 0.2) is 5.78 Å². The fraction of sp³-hybridized carbons (Fsp3) is 0.364. The second-order valence-corrected chi connectivity index (χ2v) is 3.04. The molecule has 0 saturated heterocycles. The third kappa shape index (κ3) is 1.94. The third-order valence-electron chi connectivity index (χ3n) is 2.12. The van der Waals surface area contributed by atoms with Crippen molar-refractivity contribution in [1.82, 2.24) is 0 Å². The van der Waals surface area contributed by atoms with Crippen molar-refractivity contribution in [2.24, 2.45) is 5.92 Å². The van der Waals surface area contributed by atoms with E-state index in [1.807, 2.05) is 44.2 Å². The number of carbonyl (C=O) groups is 1. The Morgan fingerprint density at radius 2 is 1.92 bits per heavy atom. The molecule has 0 spiro atoms. The minimum Gasteiger partial charge on any atom is -0.294 e. The van der Waals surface area contributed by atoms with E-state index in [-0.39, 0.29) is 11.7 Å². The Morgan fingerprint density at radius 3 is 2.42 bits per heavy atom. The number of rotatable bonds is 3. The van der Waals surface area contributed by atoms with E-state index in [2.05, 4.69) is 0 Å². The van der Waals surface area contributed by atoms with Gasteiger partial charge in [0.25, 0.3) is 0 Å². The molecule has 1 atom stereocenters. The molecular formula is C11H14O. The van der Waals surface area contributed by atoms with Crippen LogP contribution in [0.15, 0.2) is 30.3 Å². The molecule has 0 aliphatic heterocycles. The Morgan fingerprint density at radius 1 is 1.33 bits per heavy atom. The summed E-state index contributed by atoms with van der Waals surface area (Å²) in [6.45, 7) is 4.00. The van der Waals surface area contributed by atoms with Gasteiger partial charge in [-0.3, -0.25) is 4.79 Å². The minimum atomic E-state index is 0.146. The number of hydrogen-bond acceptors (Lipinski definition) is 1. The molecule has 0 fully saturated rings. The molecule has 0 aromatic heterocycles. The molecule has 1 heteroatoms. The zero-order valence-electron chi connectivity index (χ0n) is 7.58. The van der Waals surface area contributed by atoms with Crippen molar-refractivity contribution in [3.63, 3.8) is 0 Å². The topological polar surface area (TPSA) is 17.1 Å². The molecule has 0 saturated carbocycles. The summed E-state index contributed by atoms with van der Waals surface area (Å²) in [4.78, 5) is 11.6. The molecule has 12 heavy (non-hydrogen) atoms. The van der Waals surface area contributed by atoms with Crippen molar-refractivity contribution >= 4 is 5.78 Å². The largest absolute Gasteiger partial charge is 0.294 e. The lowest BCUT2D eigenvalue weighted by molar-refractivity contribution is 0.0927. The van der Waals surface area contributed by atoms with Crippen LogP contribution < -0.4 is 0 Å². The van der Waals surface area contributed by atoms with Crippen molar-refractivity contribution in [3.8, 4) is 0 Å². The van der Waals surface area contributed by atoms with Gasteiger partial charge in [0.1, 0.15) is 0 Å². The summed E-state index contributed by atoms with van der Waals surface area (Å²) < 4.78 is 0. The van der Waals surface area contributed by atoms with Crippen LogP contribution in [-0.4, -0.2) is 5.78 Å². The standard InChI is InChI=1S/C11H14O/c1-3-9(2)11(12)10-7-5-4-6-8-10/h4-9H,3H2,1-2H3/t9-/m1/s1. The van der Waals surface area contributed by atoms with Crippen LogP contribution in [0.2, 0.25) is 0 Å². The smallest absolute Gasteiger partial charge is 0.165 e. The highest BCUT2D eigenvalue weighted by atomic mass is 16.1. The highest BCUT2D eigenvalue weighted by molar-refractivity contribution is 5.97. The van der Waals surface area contributed by atoms with Crippen LogP contribution in [0, 0.1) is 5.92 Å². The molecule has 1 nitrogen and oxygen atoms in total. The SMILES string of the molecule is CC[C@@H](C)C(=O)c1ccccc1. The van der Waals surface area contributed by atoms with Gasteiger partial charge in [-0.15, -0.1) is 0 Å². The highest BCUT2D eigenvalue weighted by Crippen LogP contribution is 2.10. The molecule has 0 aliphatic carbocycles. The fourth-order valence-corrected chi connectivity index (χ4v) is 1.07. The molecule has 1 rings (SSSR count). The second kappa shape index (κ2) is 4.05. The molecular weight excluding hydrogens is 148 g/mol. The predicted molar refractivity (Wildman–Crippen MR) is 50.2 cm³/mol. The lowest BCUT2D eigenvalue weighted by atomic mass is 9.97. The van der Waals surface area contributed by atoms with Gasteiger partial charge in [-0.25, -0.2) is 0 Å². The molecule has 0 N–H and O–H groups in total. The maximum Gasteiger partial charge on any atom is 0.165 e. The zero-order chi connectivity index (χ0) is 8.97. The van der Waals surface area contributed by atoms with Crippen molar-refractivity contribution in [1.29, 1.82) is 0 Å². The first-order valence-electron chi connectivity index (χ1n) is 4.35. The van der Waals surface area contributed by atoms with Gasteiger partial charge in [0, 0.05) is 11.5 Å². The predicted octanol–water partition coefficient (Wildman–Crippen LogP) is 2.92. The van der Waals surface area contributed by atoms with Gasteiger partial charge in [-0.05, 0) is 6.42 Å². The lowest BCUT2D eigenvalue weighted by Crippen LogP contribution is -2.09. The van der Waals surface area contributed by atoms with Crippen LogP contribution in [0.3, 0.4) is 0 Å². The van der Waals surface area contributed by atoms with E-state index < -0.39 is 0 Å². The summed E-state index contributed by atoms with van der Waals surface area (Å²) in [5.41, 5.74) is 0.826. The lowest BCUT2D eigenvalue weighted by Gasteiger charge is -2.06. The van der Waals surface area contributed by atoms with Crippen LogP contribution in [0.25, 0.3) is 0 Å². The van der Waals surface area contributed by atoms with E-state index in [0.717, 1.165) is 12.0 Å². The maximum atomic E-state index is 11.6. The van der Waals surface area contributed by atoms with E-state index in [0.29, 0.717) is 0 Å². The van der Waals surface area contributed by atoms with E-state index >= 15 is 0 Å². The van der Waals surface area contributed by atoms with E-state index in [9.17, 15) is 4.79 Å². The van der Waals surface area contributed by atoms with E-state index in [1.165, 1.54) is 0 Å². The number of Topliss-reactive ketones (excluding diaryl/α,β-unsaturated/α-hetero) is 1. The van der Waals surface area contributed by atoms with Crippen LogP contribution in [0.1, 0.15) is 30.6 Å². The van der Waals surface area contributed by atoms with Crippen LogP contribution in [-0.2, 0) is 0 Å². The normalized spacial score (nSPS) is 12.5. The zero-order valence-corrected chi connectivity index (χ0v) is 7.58. The first-order chi connectivity index (χ1) is 5.75. The molecule has 0 unspecified atom stereocenters. The summed E-state index contributed by atoms with van der Waals surface area (Å²) in [5, 5.41) is 0. The molecule has 1 aromatic carbocycles. The highest BCUT2D eigenvalue weighted by Gasteiger charge is 2.11. The summed E-state index contributed by atoms with van der Waals surface area (Å²) in [5.74, 6) is 0.394. The molecule has 0 aliphatic rings. The van der Waals surface area contributed by atoms with Crippen molar-refractivity contribution in [2.45, 2.75) is 20.3 Å². The average Bonchev–Trinajstić information content (AvgIpc) is 2.17. The van der Waals surface area contributed by atoms with Gasteiger partial charge in [-0.2, -0.15) is 0 Å². The number of benzene rings is 1. The van der Waals surface area contributed by atoms with Gasteiger partial charge in [0.2, 0.25) is 0 Å². The Kier molecular flexibility index (Phi) is 3.03. The van der Waals surface area contributed by atoms with Crippen molar-refractivity contribution in [2.75, 3.05) is 0 Å². The molecule has 64 valence electrons. The first-order valence-corrected chi connectivity index (χ1v) is 4.35. The van der Waals surface area contributed by atoms with E-state index in [4.69, 9.17) is 0 Å². The Balaban J connectivity index is 2.79. The molecule has 0 amide bonds. The first kappa shape index (κ1) is 8.98. The Hall–Kier alpha value is -1.11. The Bertz CT molecular complexity index is 251. The number of ketones is 1. The van der Waals surface area contributed by atoms with Gasteiger partial charge >= 0.3 is 0 Å². The second-order valence-electron chi connectivity index (χ2n) is 3.04. The fourth-order valence-electron chi connectivity index (χ4n) is 1.07. The van der Waals surface area contributed by atoms with Crippen LogP contribution in [0.4, 0.5) is 0 Å². The summed E-state index contributed by atoms with van der Waals surface area (Å²) in [6, 6.07) is 9.46. The summed E-state index contributed by atoms with van der Waals surface area (Å²) >= 11 is 0. The summed E-state index contributed by atoms with van der Waals surface area (Å²) in [6.07, 6.45) is 0.910. The molecule has 0 heterocycles. The molecule has 0 bridgehead atoms. The van der Waals surface area contributed by atoms with Gasteiger partial charge in [-0.1, -0.05) is 44.2 Å². The van der Waals surface area contributed by atoms with Gasteiger partial charge in [0.05, 0.1) is 0 Å². The quantitative estimate of drug-likeness (QED) is 0.624.